The zero-order valence-electron chi connectivity index (χ0n) is 22.9. The van der Waals surface area contributed by atoms with E-state index in [2.05, 4.69) is 19.9 Å². The number of aromatic amines is 1. The second kappa shape index (κ2) is 11.4. The van der Waals surface area contributed by atoms with Crippen LogP contribution in [0.1, 0.15) is 12.7 Å². The number of rotatable bonds is 6. The maximum Gasteiger partial charge on any atom is 0.322 e. The number of para-hydroxylation sites is 1. The summed E-state index contributed by atoms with van der Waals surface area (Å²) in [6, 6.07) is 17.0. The van der Waals surface area contributed by atoms with Crippen molar-refractivity contribution in [3.8, 4) is 34.4 Å². The van der Waals surface area contributed by atoms with Crippen LogP contribution in [0, 0.1) is 11.7 Å². The summed E-state index contributed by atoms with van der Waals surface area (Å²) >= 11 is 0. The summed E-state index contributed by atoms with van der Waals surface area (Å²) in [5, 5.41) is 0. The van der Waals surface area contributed by atoms with Crippen LogP contribution in [-0.4, -0.2) is 82.1 Å². The van der Waals surface area contributed by atoms with E-state index in [1.54, 1.807) is 41.4 Å². The van der Waals surface area contributed by atoms with Crippen LogP contribution in [0.25, 0.3) is 22.6 Å². The molecule has 2 aromatic heterocycles. The number of ether oxygens (including phenoxy) is 3. The van der Waals surface area contributed by atoms with Crippen molar-refractivity contribution >= 4 is 5.91 Å². The molecule has 11 heteroatoms. The summed E-state index contributed by atoms with van der Waals surface area (Å²) in [5.74, 6) is -1.55. The first-order chi connectivity index (χ1) is 19.9. The predicted octanol–water partition coefficient (Wildman–Crippen LogP) is 4.07. The van der Waals surface area contributed by atoms with Crippen molar-refractivity contribution in [1.82, 2.24) is 29.7 Å². The van der Waals surface area contributed by atoms with Gasteiger partial charge in [0.25, 0.3) is 5.91 Å². The van der Waals surface area contributed by atoms with Crippen LogP contribution in [0.5, 0.6) is 11.8 Å². The van der Waals surface area contributed by atoms with Crippen molar-refractivity contribution < 1.29 is 23.4 Å². The van der Waals surface area contributed by atoms with Crippen molar-refractivity contribution in [2.24, 2.45) is 5.92 Å². The monoisotopic (exact) mass is 558 g/mol. The minimum absolute atomic E-state index is 0.106. The number of carbonyl (C=O) groups is 1. The maximum absolute atomic E-state index is 14.1. The first-order valence-corrected chi connectivity index (χ1v) is 13.6. The van der Waals surface area contributed by atoms with Gasteiger partial charge in [-0.1, -0.05) is 25.1 Å². The van der Waals surface area contributed by atoms with E-state index in [4.69, 9.17) is 19.2 Å². The van der Waals surface area contributed by atoms with Gasteiger partial charge in [0.15, 0.2) is 5.82 Å². The molecule has 2 aromatic carbocycles. The first-order valence-electron chi connectivity index (χ1n) is 13.6. The van der Waals surface area contributed by atoms with E-state index < -0.39 is 5.79 Å². The zero-order valence-corrected chi connectivity index (χ0v) is 22.9. The Morgan fingerprint density at radius 3 is 2.41 bits per heavy atom. The topological polar surface area (TPSA) is 106 Å². The Morgan fingerprint density at radius 1 is 1.00 bits per heavy atom. The molecule has 1 N–H and O–H groups in total. The van der Waals surface area contributed by atoms with Crippen molar-refractivity contribution in [3.05, 3.63) is 78.5 Å². The lowest BCUT2D eigenvalue weighted by Gasteiger charge is -2.41. The van der Waals surface area contributed by atoms with Gasteiger partial charge in [-0.05, 0) is 49.5 Å². The molecule has 6 rings (SSSR count). The molecule has 0 bridgehead atoms. The fourth-order valence-electron chi connectivity index (χ4n) is 4.84. The molecule has 0 saturated carbocycles. The summed E-state index contributed by atoms with van der Waals surface area (Å²) in [6.07, 6.45) is 1.58. The normalized spacial score (nSPS) is 21.5. The summed E-state index contributed by atoms with van der Waals surface area (Å²) in [4.78, 5) is 35.0. The van der Waals surface area contributed by atoms with E-state index in [-0.39, 0.29) is 29.5 Å². The molecule has 2 saturated heterocycles. The average molecular weight is 559 g/mol. The standard InChI is InChI=1S/C30H31FN6O4/c1-20-18-39-30(40-19-20,28(38)37-16-14-36(2)15-17-37)27-34-25(21-8-10-22(31)11-9-21)26(35-27)24-12-13-32-29(33-24)41-23-6-4-3-5-7-23/h3-13,20H,14-19H2,1-2H3,(H,34,35). The first kappa shape index (κ1) is 27.0. The molecule has 0 radical (unpaired) electrons. The van der Waals surface area contributed by atoms with Crippen LogP contribution < -0.4 is 4.74 Å². The molecule has 0 unspecified atom stereocenters. The van der Waals surface area contributed by atoms with E-state index in [0.29, 0.717) is 54.7 Å². The van der Waals surface area contributed by atoms with Crippen LogP contribution >= 0.6 is 0 Å². The molecular formula is C30H31FN6O4. The number of hydrogen-bond donors (Lipinski definition) is 1. The fourth-order valence-corrected chi connectivity index (χ4v) is 4.84. The number of nitrogens with one attached hydrogen (secondary N) is 1. The number of benzene rings is 2. The highest BCUT2D eigenvalue weighted by Gasteiger charge is 2.51. The number of halogens is 1. The highest BCUT2D eigenvalue weighted by atomic mass is 19.1. The number of nitrogens with zero attached hydrogens (tertiary/aromatic N) is 5. The fraction of sp³-hybridized carbons (Fsp3) is 0.333. The Kier molecular flexibility index (Phi) is 7.48. The number of imidazole rings is 1. The molecule has 2 aliphatic heterocycles. The van der Waals surface area contributed by atoms with Crippen molar-refractivity contribution in [3.63, 3.8) is 0 Å². The van der Waals surface area contributed by atoms with Gasteiger partial charge in [0, 0.05) is 43.9 Å². The molecule has 4 aromatic rings. The van der Waals surface area contributed by atoms with Crippen molar-refractivity contribution in [2.45, 2.75) is 12.7 Å². The minimum atomic E-state index is -1.76. The molecule has 2 aliphatic rings. The average Bonchev–Trinajstić information content (AvgIpc) is 3.45. The Labute approximate surface area is 237 Å². The number of hydrogen-bond acceptors (Lipinski definition) is 8. The molecule has 212 valence electrons. The van der Waals surface area contributed by atoms with Gasteiger partial charge in [-0.3, -0.25) is 4.79 Å². The molecule has 0 aliphatic carbocycles. The summed E-state index contributed by atoms with van der Waals surface area (Å²) in [7, 11) is 2.03. The third-order valence-corrected chi connectivity index (χ3v) is 7.19. The summed E-state index contributed by atoms with van der Waals surface area (Å²) in [6.45, 7) is 5.22. The van der Waals surface area contributed by atoms with Crippen LogP contribution in [0.3, 0.4) is 0 Å². The summed E-state index contributed by atoms with van der Waals surface area (Å²) < 4.78 is 32.2. The highest BCUT2D eigenvalue weighted by molar-refractivity contribution is 5.86. The maximum atomic E-state index is 14.1. The van der Waals surface area contributed by atoms with Gasteiger partial charge in [-0.15, -0.1) is 0 Å². The van der Waals surface area contributed by atoms with E-state index in [1.165, 1.54) is 12.1 Å². The quantitative estimate of drug-likeness (QED) is 0.378. The molecule has 4 heterocycles. The number of aromatic nitrogens is 4. The van der Waals surface area contributed by atoms with Gasteiger partial charge in [-0.25, -0.2) is 14.4 Å². The molecule has 10 nitrogen and oxygen atoms in total. The lowest BCUT2D eigenvalue weighted by molar-refractivity contribution is -0.284. The van der Waals surface area contributed by atoms with Crippen molar-refractivity contribution in [2.75, 3.05) is 46.4 Å². The molecule has 1 amide bonds. The minimum Gasteiger partial charge on any atom is -0.424 e. The van der Waals surface area contributed by atoms with Gasteiger partial charge in [-0.2, -0.15) is 4.98 Å². The van der Waals surface area contributed by atoms with Gasteiger partial charge >= 0.3 is 11.8 Å². The Morgan fingerprint density at radius 2 is 1.71 bits per heavy atom. The third-order valence-electron chi connectivity index (χ3n) is 7.19. The predicted molar refractivity (Wildman–Crippen MR) is 148 cm³/mol. The lowest BCUT2D eigenvalue weighted by atomic mass is 10.1. The van der Waals surface area contributed by atoms with Crippen LogP contribution in [0.15, 0.2) is 66.9 Å². The Bertz CT molecular complexity index is 1500. The SMILES string of the molecule is CC1COC(C(=O)N2CCN(C)CC2)(c2nc(-c3ccc(F)cc3)c(-c3ccnc(Oc4ccccc4)n3)[nH]2)OC1. The van der Waals surface area contributed by atoms with Gasteiger partial charge in [0.2, 0.25) is 0 Å². The largest absolute Gasteiger partial charge is 0.424 e. The number of piperazine rings is 1. The highest BCUT2D eigenvalue weighted by Crippen LogP contribution is 2.38. The van der Waals surface area contributed by atoms with E-state index in [9.17, 15) is 9.18 Å². The van der Waals surface area contributed by atoms with E-state index >= 15 is 0 Å². The van der Waals surface area contributed by atoms with Crippen molar-refractivity contribution in [1.29, 1.82) is 0 Å². The van der Waals surface area contributed by atoms with Gasteiger partial charge in [0.1, 0.15) is 11.6 Å². The van der Waals surface area contributed by atoms with E-state index in [1.807, 2.05) is 32.2 Å². The molecule has 41 heavy (non-hydrogen) atoms. The zero-order chi connectivity index (χ0) is 28.4. The molecular weight excluding hydrogens is 527 g/mol. The smallest absolute Gasteiger partial charge is 0.322 e. The second-order valence-corrected chi connectivity index (χ2v) is 10.4. The number of carbonyl (C=O) groups excluding carboxylic acids is 1. The van der Waals surface area contributed by atoms with Crippen LogP contribution in [0.2, 0.25) is 0 Å². The molecule has 2 fully saturated rings. The summed E-state index contributed by atoms with van der Waals surface area (Å²) in [5.41, 5.74) is 2.04. The number of likely N-dealkylation sites (N-methyl/N-ethyl adjacent to an activating group) is 1. The van der Waals surface area contributed by atoms with Gasteiger partial charge in [0.05, 0.1) is 30.3 Å². The van der Waals surface area contributed by atoms with Crippen LogP contribution in [0.4, 0.5) is 4.39 Å². The Balaban J connectivity index is 1.44. The lowest BCUT2D eigenvalue weighted by Crippen LogP contribution is -2.58. The van der Waals surface area contributed by atoms with E-state index in [0.717, 1.165) is 13.1 Å². The van der Waals surface area contributed by atoms with Crippen LogP contribution in [-0.2, 0) is 20.1 Å². The molecule has 0 atom stereocenters. The Hall–Kier alpha value is -4.19. The molecule has 0 spiro atoms. The van der Waals surface area contributed by atoms with Gasteiger partial charge < -0.3 is 29.0 Å². The number of amides is 1. The second-order valence-electron chi connectivity index (χ2n) is 10.4. The third kappa shape index (κ3) is 5.56. The number of H-pyrrole nitrogens is 1.